The lowest BCUT2D eigenvalue weighted by atomic mass is 10.4. The molecule has 0 amide bonds. The van der Waals surface area contributed by atoms with Gasteiger partial charge in [0, 0.05) is 20.7 Å². The van der Waals surface area contributed by atoms with Gasteiger partial charge in [-0.3, -0.25) is 4.90 Å². The quantitative estimate of drug-likeness (QED) is 0.514. The largest absolute Gasteiger partial charge is 0.383 e. The minimum atomic E-state index is 0.719. The van der Waals surface area contributed by atoms with Crippen LogP contribution in [0.4, 0.5) is 0 Å². The van der Waals surface area contributed by atoms with Crippen LogP contribution in [0.15, 0.2) is 0 Å². The molecule has 0 heterocycles. The molecule has 0 rings (SSSR count). The fraction of sp³-hybridized carbons (Fsp3) is 0.857. The van der Waals surface area contributed by atoms with Gasteiger partial charge in [0.05, 0.1) is 6.61 Å². The van der Waals surface area contributed by atoms with E-state index in [1.165, 1.54) is 0 Å². The van der Waals surface area contributed by atoms with Crippen molar-refractivity contribution in [3.63, 3.8) is 0 Å². The van der Waals surface area contributed by atoms with E-state index in [2.05, 4.69) is 6.92 Å². The van der Waals surface area contributed by atoms with Gasteiger partial charge in [0.2, 0.25) is 0 Å². The SMILES string of the molecule is [CH]N(CCC)CCOC. The van der Waals surface area contributed by atoms with Gasteiger partial charge in [-0.2, -0.15) is 0 Å². The maximum atomic E-state index is 5.52. The Hall–Kier alpha value is -0.0800. The Bertz CT molecular complexity index is 56.9. The van der Waals surface area contributed by atoms with E-state index >= 15 is 0 Å². The number of nitrogens with zero attached hydrogens (tertiary/aromatic N) is 1. The van der Waals surface area contributed by atoms with Crippen LogP contribution in [-0.2, 0) is 4.74 Å². The Morgan fingerprint density at radius 1 is 1.44 bits per heavy atom. The summed E-state index contributed by atoms with van der Waals surface area (Å²) in [6, 6.07) is 0. The van der Waals surface area contributed by atoms with Gasteiger partial charge in [0.25, 0.3) is 0 Å². The van der Waals surface area contributed by atoms with E-state index in [0.29, 0.717) is 0 Å². The van der Waals surface area contributed by atoms with Crippen molar-refractivity contribution < 1.29 is 4.74 Å². The van der Waals surface area contributed by atoms with Crippen molar-refractivity contribution in [1.82, 2.24) is 4.90 Å². The maximum absolute atomic E-state index is 5.52. The lowest BCUT2D eigenvalue weighted by Gasteiger charge is -2.12. The smallest absolute Gasteiger partial charge is 0.0589 e. The van der Waals surface area contributed by atoms with Crippen LogP contribution in [0.5, 0.6) is 0 Å². The Morgan fingerprint density at radius 2 is 2.11 bits per heavy atom. The fourth-order valence-electron chi connectivity index (χ4n) is 0.608. The van der Waals surface area contributed by atoms with Gasteiger partial charge in [-0.15, -0.1) is 0 Å². The van der Waals surface area contributed by atoms with E-state index < -0.39 is 0 Å². The normalized spacial score (nSPS) is 10.7. The van der Waals surface area contributed by atoms with Crippen molar-refractivity contribution >= 4 is 0 Å². The molecule has 0 aliphatic carbocycles. The molecule has 0 fully saturated rings. The second-order valence-electron chi connectivity index (χ2n) is 2.03. The predicted octanol–water partition coefficient (Wildman–Crippen LogP) is 1.01. The van der Waals surface area contributed by atoms with E-state index in [9.17, 15) is 0 Å². The number of rotatable bonds is 5. The molecule has 9 heavy (non-hydrogen) atoms. The van der Waals surface area contributed by atoms with Crippen molar-refractivity contribution in [3.8, 4) is 0 Å². The van der Waals surface area contributed by atoms with E-state index in [0.717, 1.165) is 26.1 Å². The first-order valence-corrected chi connectivity index (χ1v) is 3.29. The molecule has 0 bridgehead atoms. The van der Waals surface area contributed by atoms with Gasteiger partial charge in [-0.1, -0.05) is 6.92 Å². The molecule has 2 radical (unpaired) electrons. The van der Waals surface area contributed by atoms with E-state index in [1.807, 2.05) is 0 Å². The topological polar surface area (TPSA) is 12.5 Å². The van der Waals surface area contributed by atoms with E-state index in [-0.39, 0.29) is 0 Å². The van der Waals surface area contributed by atoms with Crippen molar-refractivity contribution in [1.29, 1.82) is 0 Å². The molecule has 54 valence electrons. The van der Waals surface area contributed by atoms with Gasteiger partial charge in [-0.25, -0.2) is 0 Å². The molecule has 2 heteroatoms. The first-order chi connectivity index (χ1) is 4.31. The summed E-state index contributed by atoms with van der Waals surface area (Å²) in [6.45, 7) is 4.59. The summed E-state index contributed by atoms with van der Waals surface area (Å²) in [7, 11) is 7.20. The highest BCUT2D eigenvalue weighted by Gasteiger charge is 1.93. The molecule has 0 aromatic heterocycles. The van der Waals surface area contributed by atoms with Crippen molar-refractivity contribution in [3.05, 3.63) is 7.05 Å². The predicted molar refractivity (Wildman–Crippen MR) is 38.0 cm³/mol. The van der Waals surface area contributed by atoms with Gasteiger partial charge in [0.15, 0.2) is 0 Å². The number of ether oxygens (including phenoxy) is 1. The third-order valence-corrected chi connectivity index (χ3v) is 1.09. The molecule has 0 spiro atoms. The van der Waals surface area contributed by atoms with Crippen LogP contribution in [0.3, 0.4) is 0 Å². The molecule has 0 atom stereocenters. The Kier molecular flexibility index (Phi) is 5.99. The van der Waals surface area contributed by atoms with Crippen LogP contribution in [0.1, 0.15) is 13.3 Å². The zero-order valence-electron chi connectivity index (χ0n) is 6.26. The summed E-state index contributed by atoms with van der Waals surface area (Å²) >= 11 is 0. The fourth-order valence-corrected chi connectivity index (χ4v) is 0.608. The first kappa shape index (κ1) is 8.92. The molecular weight excluding hydrogens is 114 g/mol. The van der Waals surface area contributed by atoms with Crippen molar-refractivity contribution in [2.45, 2.75) is 13.3 Å². The van der Waals surface area contributed by atoms with Gasteiger partial charge >= 0.3 is 0 Å². The molecular formula is C7H15NO. The highest BCUT2D eigenvalue weighted by molar-refractivity contribution is 4.51. The Morgan fingerprint density at radius 3 is 2.56 bits per heavy atom. The molecule has 0 aromatic rings. The van der Waals surface area contributed by atoms with Crippen molar-refractivity contribution in [2.24, 2.45) is 0 Å². The number of methoxy groups -OCH3 is 1. The Labute approximate surface area is 57.8 Å². The summed E-state index contributed by atoms with van der Waals surface area (Å²) in [6.07, 6.45) is 1.10. The standard InChI is InChI=1S/C7H15NO/c1-4-5-8(2)6-7-9-3/h2H,4-7H2,1,3H3. The summed E-state index contributed by atoms with van der Waals surface area (Å²) in [4.78, 5) is 1.77. The molecule has 0 saturated carbocycles. The van der Waals surface area contributed by atoms with Crippen LogP contribution < -0.4 is 0 Å². The van der Waals surface area contributed by atoms with Gasteiger partial charge < -0.3 is 4.74 Å². The molecule has 0 saturated heterocycles. The van der Waals surface area contributed by atoms with Crippen LogP contribution in [0, 0.1) is 7.05 Å². The van der Waals surface area contributed by atoms with Gasteiger partial charge in [-0.05, 0) is 13.0 Å². The third kappa shape index (κ3) is 5.80. The highest BCUT2D eigenvalue weighted by Crippen LogP contribution is 1.86. The van der Waals surface area contributed by atoms with Gasteiger partial charge in [0.1, 0.15) is 0 Å². The molecule has 0 N–H and O–H groups in total. The van der Waals surface area contributed by atoms with Crippen LogP contribution in [-0.4, -0.2) is 31.7 Å². The van der Waals surface area contributed by atoms with Crippen LogP contribution in [0.25, 0.3) is 0 Å². The maximum Gasteiger partial charge on any atom is 0.0589 e. The molecule has 2 nitrogen and oxygen atoms in total. The zero-order valence-corrected chi connectivity index (χ0v) is 6.26. The summed E-state index contributed by atoms with van der Waals surface area (Å²) in [5.41, 5.74) is 0. The summed E-state index contributed by atoms with van der Waals surface area (Å²) in [5, 5.41) is 0. The second-order valence-corrected chi connectivity index (χ2v) is 2.03. The summed E-state index contributed by atoms with van der Waals surface area (Å²) in [5.74, 6) is 0. The minimum absolute atomic E-state index is 0.719. The number of hydrogen-bond acceptors (Lipinski definition) is 2. The molecule has 0 aliphatic rings. The first-order valence-electron chi connectivity index (χ1n) is 3.29. The minimum Gasteiger partial charge on any atom is -0.383 e. The monoisotopic (exact) mass is 129 g/mol. The van der Waals surface area contributed by atoms with E-state index in [1.54, 1.807) is 12.0 Å². The third-order valence-electron chi connectivity index (χ3n) is 1.09. The molecule has 0 aromatic carbocycles. The van der Waals surface area contributed by atoms with Crippen molar-refractivity contribution in [2.75, 3.05) is 26.8 Å². The average molecular weight is 129 g/mol. The van der Waals surface area contributed by atoms with E-state index in [4.69, 9.17) is 11.8 Å². The average Bonchev–Trinajstić information content (AvgIpc) is 1.85. The molecule has 0 aliphatic heterocycles. The second kappa shape index (κ2) is 6.05. The van der Waals surface area contributed by atoms with Crippen LogP contribution >= 0.6 is 0 Å². The summed E-state index contributed by atoms with van der Waals surface area (Å²) < 4.78 is 4.84. The lowest BCUT2D eigenvalue weighted by molar-refractivity contribution is 0.168. The molecule has 0 unspecified atom stereocenters. The lowest BCUT2D eigenvalue weighted by Crippen LogP contribution is -2.21. The Balaban J connectivity index is 2.95. The zero-order chi connectivity index (χ0) is 7.11. The number of hydrogen-bond donors (Lipinski definition) is 0. The highest BCUT2D eigenvalue weighted by atomic mass is 16.5. The van der Waals surface area contributed by atoms with Crippen LogP contribution in [0.2, 0.25) is 0 Å².